The third-order valence-electron chi connectivity index (χ3n) is 2.85. The highest BCUT2D eigenvalue weighted by Gasteiger charge is 2.28. The van der Waals surface area contributed by atoms with Gasteiger partial charge in [-0.2, -0.15) is 13.1 Å². The number of benzene rings is 2. The van der Waals surface area contributed by atoms with Gasteiger partial charge in [-0.05, 0) is 22.4 Å². The van der Waals surface area contributed by atoms with E-state index in [1.165, 1.54) is 0 Å². The van der Waals surface area contributed by atoms with Crippen LogP contribution in [-0.2, 0) is 14.5 Å². The Kier molecular flexibility index (Phi) is 2.39. The van der Waals surface area contributed by atoms with Gasteiger partial charge in [-0.1, -0.05) is 36.4 Å². The van der Waals surface area contributed by atoms with Crippen molar-refractivity contribution in [2.45, 2.75) is 6.04 Å². The van der Waals surface area contributed by atoms with Crippen LogP contribution in [0.25, 0.3) is 10.8 Å². The Morgan fingerprint density at radius 2 is 1.88 bits per heavy atom. The molecular weight excluding hydrogens is 238 g/mol. The number of hydrogen-bond acceptors (Lipinski definition) is 3. The van der Waals surface area contributed by atoms with Crippen molar-refractivity contribution in [3.63, 3.8) is 0 Å². The molecular formula is C12H11NO3S. The second-order valence-corrected chi connectivity index (χ2v) is 5.40. The van der Waals surface area contributed by atoms with E-state index in [9.17, 15) is 8.42 Å². The molecule has 4 nitrogen and oxygen atoms in total. The van der Waals surface area contributed by atoms with Crippen LogP contribution in [0.15, 0.2) is 42.5 Å². The highest BCUT2D eigenvalue weighted by atomic mass is 32.2. The topological polar surface area (TPSA) is 55.4 Å². The smallest absolute Gasteiger partial charge is 0.256 e. The lowest BCUT2D eigenvalue weighted by atomic mass is 10.0. The van der Waals surface area contributed by atoms with E-state index in [1.807, 2.05) is 42.5 Å². The second kappa shape index (κ2) is 3.80. The zero-order chi connectivity index (χ0) is 11.9. The normalized spacial score (nSPS) is 22.9. The number of hydrogen-bond donors (Lipinski definition) is 1. The van der Waals surface area contributed by atoms with Gasteiger partial charge in [0.05, 0.1) is 12.6 Å². The van der Waals surface area contributed by atoms with E-state index in [2.05, 4.69) is 8.91 Å². The minimum Gasteiger partial charge on any atom is -0.256 e. The second-order valence-electron chi connectivity index (χ2n) is 4.02. The molecule has 1 aliphatic heterocycles. The summed E-state index contributed by atoms with van der Waals surface area (Å²) in [6, 6.07) is 13.6. The SMILES string of the molecule is O=S1(=O)NC(c2ccc3ccccc3c2)CO1. The average Bonchev–Trinajstić information content (AvgIpc) is 2.69. The standard InChI is InChI=1S/C12H11NO3S/c14-17(15)13-12(8-16-17)11-6-5-9-3-1-2-4-10(9)7-11/h1-7,12-13H,8H2. The first-order valence-corrected chi connectivity index (χ1v) is 6.70. The van der Waals surface area contributed by atoms with Crippen LogP contribution in [0.5, 0.6) is 0 Å². The Balaban J connectivity index is 2.02. The molecule has 1 heterocycles. The van der Waals surface area contributed by atoms with Crippen LogP contribution in [0.3, 0.4) is 0 Å². The maximum Gasteiger partial charge on any atom is 0.336 e. The van der Waals surface area contributed by atoms with E-state index in [0.29, 0.717) is 0 Å². The van der Waals surface area contributed by atoms with Crippen LogP contribution in [-0.4, -0.2) is 15.0 Å². The molecule has 2 aromatic rings. The molecule has 0 aliphatic carbocycles. The number of rotatable bonds is 1. The quantitative estimate of drug-likeness (QED) is 0.837. The van der Waals surface area contributed by atoms with Gasteiger partial charge < -0.3 is 0 Å². The summed E-state index contributed by atoms with van der Waals surface area (Å²) in [5.41, 5.74) is 0.921. The van der Waals surface area contributed by atoms with Crippen LogP contribution in [0, 0.1) is 0 Å². The van der Waals surface area contributed by atoms with Crippen molar-refractivity contribution in [1.82, 2.24) is 4.72 Å². The summed E-state index contributed by atoms with van der Waals surface area (Å²) in [5, 5.41) is 2.23. The average molecular weight is 249 g/mol. The lowest BCUT2D eigenvalue weighted by molar-refractivity contribution is 0.339. The highest BCUT2D eigenvalue weighted by Crippen LogP contribution is 2.24. The van der Waals surface area contributed by atoms with Gasteiger partial charge >= 0.3 is 10.3 Å². The molecule has 5 heteroatoms. The predicted octanol–water partition coefficient (Wildman–Crippen LogP) is 1.75. The van der Waals surface area contributed by atoms with Gasteiger partial charge in [0, 0.05) is 0 Å². The first-order chi connectivity index (χ1) is 8.14. The lowest BCUT2D eigenvalue weighted by Gasteiger charge is -2.08. The van der Waals surface area contributed by atoms with Crippen LogP contribution < -0.4 is 4.72 Å². The third-order valence-corrected chi connectivity index (χ3v) is 3.87. The van der Waals surface area contributed by atoms with Crippen molar-refractivity contribution in [2.75, 3.05) is 6.61 Å². The maximum atomic E-state index is 11.1. The Bertz CT molecular complexity index is 666. The summed E-state index contributed by atoms with van der Waals surface area (Å²) in [4.78, 5) is 0. The summed E-state index contributed by atoms with van der Waals surface area (Å²) >= 11 is 0. The predicted molar refractivity (Wildman–Crippen MR) is 64.7 cm³/mol. The number of nitrogens with one attached hydrogen (secondary N) is 1. The molecule has 1 unspecified atom stereocenters. The van der Waals surface area contributed by atoms with Crippen LogP contribution >= 0.6 is 0 Å². The molecule has 0 amide bonds. The summed E-state index contributed by atoms with van der Waals surface area (Å²) in [5.74, 6) is 0. The Morgan fingerprint density at radius 3 is 2.59 bits per heavy atom. The maximum absolute atomic E-state index is 11.1. The number of fused-ring (bicyclic) bond motifs is 1. The fourth-order valence-corrected chi connectivity index (χ4v) is 2.92. The van der Waals surface area contributed by atoms with Gasteiger partial charge in [-0.3, -0.25) is 4.18 Å². The molecule has 1 aliphatic rings. The molecule has 88 valence electrons. The van der Waals surface area contributed by atoms with Gasteiger partial charge in [0.2, 0.25) is 0 Å². The molecule has 1 N–H and O–H groups in total. The summed E-state index contributed by atoms with van der Waals surface area (Å²) in [6.45, 7) is 0.153. The Hall–Kier alpha value is -1.43. The highest BCUT2D eigenvalue weighted by molar-refractivity contribution is 7.84. The monoisotopic (exact) mass is 249 g/mol. The minimum atomic E-state index is -3.55. The molecule has 1 atom stereocenters. The Morgan fingerprint density at radius 1 is 1.12 bits per heavy atom. The van der Waals surface area contributed by atoms with Gasteiger partial charge in [0.15, 0.2) is 0 Å². The molecule has 2 aromatic carbocycles. The zero-order valence-electron chi connectivity index (χ0n) is 8.96. The third kappa shape index (κ3) is 2.04. The van der Waals surface area contributed by atoms with E-state index < -0.39 is 10.3 Å². The van der Waals surface area contributed by atoms with E-state index in [0.717, 1.165) is 16.3 Å². The molecule has 0 radical (unpaired) electrons. The summed E-state index contributed by atoms with van der Waals surface area (Å²) < 4.78 is 29.4. The summed E-state index contributed by atoms with van der Waals surface area (Å²) in [7, 11) is -3.55. The van der Waals surface area contributed by atoms with Gasteiger partial charge in [0.25, 0.3) is 0 Å². The molecule has 3 rings (SSSR count). The molecule has 1 saturated heterocycles. The van der Waals surface area contributed by atoms with Crippen LogP contribution in [0.4, 0.5) is 0 Å². The van der Waals surface area contributed by atoms with E-state index in [4.69, 9.17) is 0 Å². The van der Waals surface area contributed by atoms with Gasteiger partial charge in [-0.15, -0.1) is 0 Å². The van der Waals surface area contributed by atoms with Crippen LogP contribution in [0.1, 0.15) is 11.6 Å². The first-order valence-electron chi connectivity index (χ1n) is 5.29. The first kappa shape index (κ1) is 10.7. The van der Waals surface area contributed by atoms with E-state index in [1.54, 1.807) is 0 Å². The molecule has 0 saturated carbocycles. The van der Waals surface area contributed by atoms with Crippen molar-refractivity contribution >= 4 is 21.1 Å². The molecule has 17 heavy (non-hydrogen) atoms. The minimum absolute atomic E-state index is 0.153. The molecule has 1 fully saturated rings. The van der Waals surface area contributed by atoms with Crippen molar-refractivity contribution in [3.8, 4) is 0 Å². The largest absolute Gasteiger partial charge is 0.336 e. The zero-order valence-corrected chi connectivity index (χ0v) is 9.78. The van der Waals surface area contributed by atoms with E-state index >= 15 is 0 Å². The molecule has 0 bridgehead atoms. The Labute approximate surface area is 99.5 Å². The molecule has 0 spiro atoms. The fraction of sp³-hybridized carbons (Fsp3) is 0.167. The van der Waals surface area contributed by atoms with Crippen molar-refractivity contribution < 1.29 is 12.6 Å². The van der Waals surface area contributed by atoms with Crippen molar-refractivity contribution in [3.05, 3.63) is 48.0 Å². The van der Waals surface area contributed by atoms with Crippen molar-refractivity contribution in [1.29, 1.82) is 0 Å². The fourth-order valence-electron chi connectivity index (χ4n) is 1.99. The van der Waals surface area contributed by atoms with E-state index in [-0.39, 0.29) is 12.6 Å². The van der Waals surface area contributed by atoms with Gasteiger partial charge in [-0.25, -0.2) is 0 Å². The van der Waals surface area contributed by atoms with Crippen molar-refractivity contribution in [2.24, 2.45) is 0 Å². The van der Waals surface area contributed by atoms with Gasteiger partial charge in [0.1, 0.15) is 0 Å². The molecule has 0 aromatic heterocycles. The summed E-state index contributed by atoms with van der Waals surface area (Å²) in [6.07, 6.45) is 0. The lowest BCUT2D eigenvalue weighted by Crippen LogP contribution is -2.19. The van der Waals surface area contributed by atoms with Crippen LogP contribution in [0.2, 0.25) is 0 Å².